The molecule has 0 amide bonds. The molecular weight excluding hydrogens is 440 g/mol. The van der Waals surface area contributed by atoms with E-state index in [9.17, 15) is 13.6 Å². The van der Waals surface area contributed by atoms with Crippen molar-refractivity contribution in [3.05, 3.63) is 16.8 Å². The summed E-state index contributed by atoms with van der Waals surface area (Å²) in [6.45, 7) is 3.54. The molecule has 2 aromatic rings. The average Bonchev–Trinajstić information content (AvgIpc) is 3.35. The summed E-state index contributed by atoms with van der Waals surface area (Å²) in [6, 6.07) is 0.553. The Labute approximate surface area is 188 Å². The fourth-order valence-electron chi connectivity index (χ4n) is 5.36. The highest BCUT2D eigenvalue weighted by atomic mass is 32.1. The number of ether oxygens (including phenoxy) is 2. The van der Waals surface area contributed by atoms with Crippen LogP contribution in [0.15, 0.2) is 6.33 Å². The van der Waals surface area contributed by atoms with Crippen LogP contribution in [0, 0.1) is 0 Å². The summed E-state index contributed by atoms with van der Waals surface area (Å²) in [6.07, 6.45) is 5.88. The first-order valence-corrected chi connectivity index (χ1v) is 12.1. The zero-order chi connectivity index (χ0) is 22.3. The van der Waals surface area contributed by atoms with Gasteiger partial charge in [-0.2, -0.15) is 8.78 Å². The number of nitrogens with zero attached hydrogens (tertiary/aromatic N) is 3. The van der Waals surface area contributed by atoms with E-state index in [-0.39, 0.29) is 6.10 Å². The molecule has 3 aliphatic rings. The maximum atomic E-state index is 14.0. The SMILES string of the molecule is O=C(O)C(F)(F)C[C@H]1CCc2sc3ncnc(OC4CCC(N5CCOCC5)CC4)c3c21. The number of morpholine rings is 1. The number of aliphatic carboxylic acids is 1. The second-order valence-electron chi connectivity index (χ2n) is 8.94. The molecule has 32 heavy (non-hydrogen) atoms. The van der Waals surface area contributed by atoms with Gasteiger partial charge < -0.3 is 14.6 Å². The highest BCUT2D eigenvalue weighted by molar-refractivity contribution is 7.19. The van der Waals surface area contributed by atoms with Gasteiger partial charge in [-0.3, -0.25) is 4.90 Å². The molecule has 0 unspecified atom stereocenters. The summed E-state index contributed by atoms with van der Waals surface area (Å²) >= 11 is 1.48. The fraction of sp³-hybridized carbons (Fsp3) is 0.682. The van der Waals surface area contributed by atoms with Crippen molar-refractivity contribution in [3.8, 4) is 5.88 Å². The van der Waals surface area contributed by atoms with Gasteiger partial charge in [-0.05, 0) is 50.0 Å². The van der Waals surface area contributed by atoms with Crippen molar-refractivity contribution in [3.63, 3.8) is 0 Å². The third-order valence-electron chi connectivity index (χ3n) is 7.00. The number of thiophene rings is 1. The van der Waals surface area contributed by atoms with E-state index < -0.39 is 24.2 Å². The largest absolute Gasteiger partial charge is 0.477 e. The van der Waals surface area contributed by atoms with Gasteiger partial charge in [0.1, 0.15) is 17.3 Å². The maximum absolute atomic E-state index is 14.0. The van der Waals surface area contributed by atoms with Crippen LogP contribution in [0.2, 0.25) is 0 Å². The van der Waals surface area contributed by atoms with Crippen LogP contribution in [0.3, 0.4) is 0 Å². The number of aromatic nitrogens is 2. The molecule has 0 radical (unpaired) electrons. The van der Waals surface area contributed by atoms with E-state index in [0.717, 1.165) is 67.3 Å². The van der Waals surface area contributed by atoms with E-state index in [4.69, 9.17) is 14.6 Å². The summed E-state index contributed by atoms with van der Waals surface area (Å²) in [5.74, 6) is -5.91. The Bertz CT molecular complexity index is 987. The Hall–Kier alpha value is -1.91. The minimum Gasteiger partial charge on any atom is -0.477 e. The number of carbonyl (C=O) groups is 1. The van der Waals surface area contributed by atoms with E-state index >= 15 is 0 Å². The highest BCUT2D eigenvalue weighted by Gasteiger charge is 2.44. The van der Waals surface area contributed by atoms with Crippen LogP contribution in [-0.2, 0) is 16.0 Å². The molecule has 0 bridgehead atoms. The van der Waals surface area contributed by atoms with E-state index in [1.54, 1.807) is 0 Å². The summed E-state index contributed by atoms with van der Waals surface area (Å²) in [7, 11) is 0. The second kappa shape index (κ2) is 8.79. The van der Waals surface area contributed by atoms with Gasteiger partial charge in [-0.15, -0.1) is 11.3 Å². The standard InChI is InChI=1S/C22H27F2N3O4S/c23-22(24,21(28)29)11-13-1-6-16-17(13)18-19(25-12-26-20(18)32-16)31-15-4-2-14(3-5-15)27-7-9-30-10-8-27/h12-15H,1-11H2,(H,28,29)/t13-,14?,15?/m1/s1. The summed E-state index contributed by atoms with van der Waals surface area (Å²) < 4.78 is 39.8. The summed E-state index contributed by atoms with van der Waals surface area (Å²) in [5.41, 5.74) is 0.767. The minimum absolute atomic E-state index is 0.0289. The predicted octanol–water partition coefficient (Wildman–Crippen LogP) is 3.85. The number of hydrogen-bond donors (Lipinski definition) is 1. The van der Waals surface area contributed by atoms with Crippen molar-refractivity contribution in [2.75, 3.05) is 26.3 Å². The smallest absolute Gasteiger partial charge is 0.374 e. The Morgan fingerprint density at radius 2 is 1.97 bits per heavy atom. The van der Waals surface area contributed by atoms with Gasteiger partial charge in [0.15, 0.2) is 0 Å². The number of carboxylic acids is 1. The zero-order valence-electron chi connectivity index (χ0n) is 17.8. The number of rotatable bonds is 6. The maximum Gasteiger partial charge on any atom is 0.374 e. The molecule has 7 nitrogen and oxygen atoms in total. The first-order chi connectivity index (χ1) is 15.4. The van der Waals surface area contributed by atoms with Crippen LogP contribution in [0.1, 0.15) is 54.9 Å². The lowest BCUT2D eigenvalue weighted by molar-refractivity contribution is -0.166. The van der Waals surface area contributed by atoms with Crippen molar-refractivity contribution in [1.29, 1.82) is 0 Å². The number of hydrogen-bond acceptors (Lipinski definition) is 7. The van der Waals surface area contributed by atoms with Gasteiger partial charge in [-0.1, -0.05) is 0 Å². The molecule has 2 aromatic heterocycles. The third-order valence-corrected chi connectivity index (χ3v) is 8.17. The van der Waals surface area contributed by atoms with Gasteiger partial charge in [0.25, 0.3) is 0 Å². The van der Waals surface area contributed by atoms with Crippen molar-refractivity contribution in [2.45, 2.75) is 68.9 Å². The molecule has 3 heterocycles. The zero-order valence-corrected chi connectivity index (χ0v) is 18.6. The minimum atomic E-state index is -3.75. The van der Waals surface area contributed by atoms with Gasteiger partial charge >= 0.3 is 11.9 Å². The first-order valence-electron chi connectivity index (χ1n) is 11.3. The Morgan fingerprint density at radius 1 is 1.22 bits per heavy atom. The molecule has 174 valence electrons. The normalized spacial score (nSPS) is 26.9. The molecule has 1 saturated carbocycles. The highest BCUT2D eigenvalue weighted by Crippen LogP contribution is 2.49. The van der Waals surface area contributed by atoms with Crippen molar-refractivity contribution >= 4 is 27.5 Å². The number of carboxylic acid groups (broad SMARTS) is 1. The van der Waals surface area contributed by atoms with Crippen LogP contribution < -0.4 is 4.74 Å². The third kappa shape index (κ3) is 4.20. The molecule has 0 spiro atoms. The molecule has 2 aliphatic carbocycles. The number of fused-ring (bicyclic) bond motifs is 3. The van der Waals surface area contributed by atoms with Crippen LogP contribution in [0.4, 0.5) is 8.78 Å². The molecular formula is C22H27F2N3O4S. The predicted molar refractivity (Wildman–Crippen MR) is 115 cm³/mol. The van der Waals surface area contributed by atoms with E-state index in [0.29, 0.717) is 30.1 Å². The monoisotopic (exact) mass is 467 g/mol. The van der Waals surface area contributed by atoms with Crippen LogP contribution in [0.25, 0.3) is 10.2 Å². The lowest BCUT2D eigenvalue weighted by Gasteiger charge is -2.38. The van der Waals surface area contributed by atoms with E-state index in [2.05, 4.69) is 14.9 Å². The molecule has 1 N–H and O–H groups in total. The van der Waals surface area contributed by atoms with E-state index in [1.165, 1.54) is 17.7 Å². The Kier molecular flexibility index (Phi) is 6.02. The summed E-state index contributed by atoms with van der Waals surface area (Å²) in [4.78, 5) is 23.9. The first kappa shape index (κ1) is 21.9. The van der Waals surface area contributed by atoms with Gasteiger partial charge in [0.2, 0.25) is 5.88 Å². The van der Waals surface area contributed by atoms with E-state index in [1.807, 2.05) is 0 Å². The van der Waals surface area contributed by atoms with Gasteiger partial charge in [0, 0.05) is 30.4 Å². The quantitative estimate of drug-likeness (QED) is 0.691. The lowest BCUT2D eigenvalue weighted by atomic mass is 9.91. The molecule has 1 atom stereocenters. The Morgan fingerprint density at radius 3 is 2.69 bits per heavy atom. The number of alkyl halides is 2. The number of halogens is 2. The Balaban J connectivity index is 1.33. The van der Waals surface area contributed by atoms with Crippen LogP contribution in [-0.4, -0.2) is 70.3 Å². The van der Waals surface area contributed by atoms with Crippen molar-refractivity contribution < 1.29 is 28.2 Å². The average molecular weight is 468 g/mol. The molecule has 2 fully saturated rings. The summed E-state index contributed by atoms with van der Waals surface area (Å²) in [5, 5.41) is 9.59. The molecule has 1 saturated heterocycles. The molecule has 10 heteroatoms. The molecule has 0 aromatic carbocycles. The van der Waals surface area contributed by atoms with Gasteiger partial charge in [-0.25, -0.2) is 14.8 Å². The van der Waals surface area contributed by atoms with Crippen molar-refractivity contribution in [1.82, 2.24) is 14.9 Å². The topological polar surface area (TPSA) is 84.8 Å². The van der Waals surface area contributed by atoms with Crippen LogP contribution in [0.5, 0.6) is 5.88 Å². The lowest BCUT2D eigenvalue weighted by Crippen LogP contribution is -2.46. The number of aryl methyl sites for hydroxylation is 1. The van der Waals surface area contributed by atoms with Crippen LogP contribution >= 0.6 is 11.3 Å². The van der Waals surface area contributed by atoms with Gasteiger partial charge in [0.05, 0.1) is 18.6 Å². The van der Waals surface area contributed by atoms with Crippen molar-refractivity contribution in [2.24, 2.45) is 0 Å². The fourth-order valence-corrected chi connectivity index (χ4v) is 6.59. The molecule has 5 rings (SSSR count). The molecule has 1 aliphatic heterocycles. The second-order valence-corrected chi connectivity index (χ2v) is 10.0.